The van der Waals surface area contributed by atoms with Gasteiger partial charge in [-0.1, -0.05) is 109 Å². The van der Waals surface area contributed by atoms with Crippen molar-refractivity contribution < 1.29 is 62.0 Å². The Labute approximate surface area is 406 Å². The predicted molar refractivity (Wildman–Crippen MR) is 258 cm³/mol. The molecule has 0 radical (unpaired) electrons. The highest BCUT2D eigenvalue weighted by Gasteiger charge is 2.39. The number of nitrogens with zero attached hydrogens (tertiary/aromatic N) is 3. The Morgan fingerprint density at radius 2 is 0.765 bits per heavy atom. The van der Waals surface area contributed by atoms with Gasteiger partial charge in [0.05, 0.1) is 0 Å². The number of esters is 5. The smallest absolute Gasteiger partial charge is 0.347 e. The molecule has 0 unspecified atom stereocenters. The van der Waals surface area contributed by atoms with Crippen molar-refractivity contribution in [2.45, 2.75) is 213 Å². The fourth-order valence-corrected chi connectivity index (χ4v) is 6.87. The minimum Gasteiger partial charge on any atom is -0.458 e. The molecule has 0 aliphatic heterocycles. The van der Waals surface area contributed by atoms with Crippen molar-refractivity contribution in [1.82, 2.24) is 20.0 Å². The summed E-state index contributed by atoms with van der Waals surface area (Å²) in [6, 6.07) is 4.87. The standard InChI is InChI=1S/C51H84N4O13/c1-13-17-22-30-40(65-47(59)35(5)52-9)44(56)53(10)36(6)48(60)66-41(31-23-18-14-2)45(57)54(11)37(7)49(61)67-42(32-24-19-15-3)46(58)55(12)38(8)50(62)68-43(33-25-20-16-4)51(63)64-34-39-28-26-21-27-29-39/h21,26-29,35-38,40-43,52H,13-20,22-25,30-34H2,1-12H3/t35-,36-,37-,38-,40+,41+,42+,43+/m0/s1. The Hall–Kier alpha value is -5.06. The van der Waals surface area contributed by atoms with Crippen LogP contribution < -0.4 is 5.32 Å². The third kappa shape index (κ3) is 21.1. The van der Waals surface area contributed by atoms with E-state index in [1.54, 1.807) is 14.0 Å². The van der Waals surface area contributed by atoms with Crippen molar-refractivity contribution in [2.24, 2.45) is 0 Å². The summed E-state index contributed by atoms with van der Waals surface area (Å²) in [5, 5.41) is 2.80. The molecule has 0 saturated heterocycles. The summed E-state index contributed by atoms with van der Waals surface area (Å²) in [5.41, 5.74) is 0.772. The van der Waals surface area contributed by atoms with E-state index in [9.17, 15) is 38.4 Å². The monoisotopic (exact) mass is 961 g/mol. The minimum absolute atomic E-state index is 0.00110. The molecule has 1 aromatic carbocycles. The maximum absolute atomic E-state index is 14.1. The van der Waals surface area contributed by atoms with Crippen LogP contribution in [0.2, 0.25) is 0 Å². The molecule has 0 saturated carbocycles. The zero-order valence-corrected chi connectivity index (χ0v) is 43.2. The summed E-state index contributed by atoms with van der Waals surface area (Å²) in [6.07, 6.45) is 4.51. The van der Waals surface area contributed by atoms with Crippen LogP contribution in [0.3, 0.4) is 0 Å². The van der Waals surface area contributed by atoms with Gasteiger partial charge in [-0.05, 0) is 91.7 Å². The van der Waals surface area contributed by atoms with Crippen LogP contribution in [-0.2, 0) is 68.6 Å². The van der Waals surface area contributed by atoms with Crippen molar-refractivity contribution in [3.63, 3.8) is 0 Å². The topological polar surface area (TPSA) is 204 Å². The van der Waals surface area contributed by atoms with E-state index in [2.05, 4.69) is 5.32 Å². The molecule has 1 N–H and O–H groups in total. The van der Waals surface area contributed by atoms with E-state index in [0.29, 0.717) is 25.7 Å². The maximum atomic E-state index is 14.1. The summed E-state index contributed by atoms with van der Waals surface area (Å²) >= 11 is 0. The molecule has 0 aliphatic carbocycles. The minimum atomic E-state index is -1.32. The Bertz CT molecular complexity index is 1710. The zero-order chi connectivity index (χ0) is 51.3. The molecule has 68 heavy (non-hydrogen) atoms. The van der Waals surface area contributed by atoms with Gasteiger partial charge in [0.25, 0.3) is 17.7 Å². The first-order chi connectivity index (χ1) is 32.3. The second kappa shape index (κ2) is 33.4. The lowest BCUT2D eigenvalue weighted by molar-refractivity contribution is -0.176. The van der Waals surface area contributed by atoms with E-state index < -0.39 is 96.2 Å². The molecule has 3 amide bonds. The van der Waals surface area contributed by atoms with Crippen LogP contribution in [0.4, 0.5) is 0 Å². The molecule has 17 nitrogen and oxygen atoms in total. The lowest BCUT2D eigenvalue weighted by atomic mass is 10.1. The third-order valence-corrected chi connectivity index (χ3v) is 12.2. The molecule has 386 valence electrons. The van der Waals surface area contributed by atoms with E-state index >= 15 is 0 Å². The largest absolute Gasteiger partial charge is 0.458 e. The summed E-state index contributed by atoms with van der Waals surface area (Å²) in [6.45, 7) is 13.9. The molecule has 17 heteroatoms. The third-order valence-electron chi connectivity index (χ3n) is 12.2. The van der Waals surface area contributed by atoms with E-state index in [0.717, 1.165) is 71.6 Å². The Morgan fingerprint density at radius 3 is 1.09 bits per heavy atom. The van der Waals surface area contributed by atoms with Crippen molar-refractivity contribution in [1.29, 1.82) is 0 Å². The van der Waals surface area contributed by atoms with Crippen LogP contribution in [-0.4, -0.2) is 139 Å². The average molecular weight is 961 g/mol. The van der Waals surface area contributed by atoms with E-state index in [4.69, 9.17) is 23.7 Å². The number of hydrogen-bond acceptors (Lipinski definition) is 14. The van der Waals surface area contributed by atoms with Crippen LogP contribution in [0.5, 0.6) is 0 Å². The molecule has 1 aromatic rings. The van der Waals surface area contributed by atoms with E-state index in [-0.39, 0.29) is 32.3 Å². The average Bonchev–Trinajstić information content (AvgIpc) is 3.34. The summed E-state index contributed by atoms with van der Waals surface area (Å²) in [4.78, 5) is 112. The molecular weight excluding hydrogens is 877 g/mol. The maximum Gasteiger partial charge on any atom is 0.347 e. The van der Waals surface area contributed by atoms with Gasteiger partial charge in [-0.2, -0.15) is 0 Å². The summed E-state index contributed by atoms with van der Waals surface area (Å²) in [5.74, 6) is -5.85. The number of carbonyl (C=O) groups excluding carboxylic acids is 8. The van der Waals surface area contributed by atoms with Crippen LogP contribution in [0, 0.1) is 0 Å². The van der Waals surface area contributed by atoms with Gasteiger partial charge in [0, 0.05) is 21.1 Å². The summed E-state index contributed by atoms with van der Waals surface area (Å²) < 4.78 is 28.4. The second-order valence-corrected chi connectivity index (χ2v) is 17.7. The van der Waals surface area contributed by atoms with Gasteiger partial charge in [0.15, 0.2) is 24.4 Å². The highest BCUT2D eigenvalue weighted by molar-refractivity contribution is 5.93. The van der Waals surface area contributed by atoms with Gasteiger partial charge in [0.1, 0.15) is 30.8 Å². The normalized spacial score (nSPS) is 14.6. The summed E-state index contributed by atoms with van der Waals surface area (Å²) in [7, 11) is 5.76. The molecular formula is C51H84N4O13. The number of carbonyl (C=O) groups is 8. The number of unbranched alkanes of at least 4 members (excludes halogenated alkanes) is 8. The number of nitrogens with one attached hydrogen (secondary N) is 1. The first-order valence-corrected chi connectivity index (χ1v) is 24.8. The van der Waals surface area contributed by atoms with E-state index in [1.807, 2.05) is 58.0 Å². The highest BCUT2D eigenvalue weighted by Crippen LogP contribution is 2.20. The molecule has 8 atom stereocenters. The fraction of sp³-hybridized carbons (Fsp3) is 0.725. The first kappa shape index (κ1) is 61.0. The van der Waals surface area contributed by atoms with Crippen molar-refractivity contribution in [3.8, 4) is 0 Å². The number of benzene rings is 1. The quantitative estimate of drug-likeness (QED) is 0.0427. The SMILES string of the molecule is CCCCC[C@@H](OC(=O)[C@H](C)N(C)C(=O)[C@@H](CCCCC)OC(=O)[C@H](C)N(C)C(=O)[C@@H](CCCCC)OC(=O)[C@H](C)N(C)C(=O)[C@@H](CCCCC)OC(=O)[C@H](C)NC)C(=O)OCc1ccccc1. The molecule has 0 spiro atoms. The van der Waals surface area contributed by atoms with Crippen molar-refractivity contribution in [3.05, 3.63) is 35.9 Å². The van der Waals surface area contributed by atoms with Gasteiger partial charge < -0.3 is 43.7 Å². The number of likely N-dealkylation sites (N-methyl/N-ethyl adjacent to an activating group) is 4. The number of ether oxygens (including phenoxy) is 5. The van der Waals surface area contributed by atoms with Gasteiger partial charge >= 0.3 is 29.8 Å². The zero-order valence-electron chi connectivity index (χ0n) is 43.2. The van der Waals surface area contributed by atoms with E-state index in [1.165, 1.54) is 41.9 Å². The van der Waals surface area contributed by atoms with Crippen LogP contribution >= 0.6 is 0 Å². The molecule has 0 fully saturated rings. The number of rotatable bonds is 34. The molecule has 0 aromatic heterocycles. The second-order valence-electron chi connectivity index (χ2n) is 17.7. The Morgan fingerprint density at radius 1 is 0.456 bits per heavy atom. The van der Waals surface area contributed by atoms with Crippen molar-refractivity contribution in [2.75, 3.05) is 28.2 Å². The van der Waals surface area contributed by atoms with Crippen LogP contribution in [0.25, 0.3) is 0 Å². The molecule has 0 heterocycles. The first-order valence-electron chi connectivity index (χ1n) is 24.8. The Kier molecular flexibility index (Phi) is 30.0. The fourth-order valence-electron chi connectivity index (χ4n) is 6.87. The van der Waals surface area contributed by atoms with Crippen LogP contribution in [0.15, 0.2) is 30.3 Å². The number of amides is 3. The van der Waals surface area contributed by atoms with Gasteiger partial charge in [-0.15, -0.1) is 0 Å². The Balaban J connectivity index is 3.22. The lowest BCUT2D eigenvalue weighted by Crippen LogP contribution is -2.52. The van der Waals surface area contributed by atoms with Crippen LogP contribution in [0.1, 0.15) is 164 Å². The number of hydrogen-bond donors (Lipinski definition) is 1. The molecule has 0 bridgehead atoms. The van der Waals surface area contributed by atoms with Crippen molar-refractivity contribution >= 4 is 47.6 Å². The highest BCUT2D eigenvalue weighted by atomic mass is 16.6. The van der Waals surface area contributed by atoms with Gasteiger partial charge in [-0.25, -0.2) is 19.2 Å². The predicted octanol–water partition coefficient (Wildman–Crippen LogP) is 6.85. The van der Waals surface area contributed by atoms with Gasteiger partial charge in [0.2, 0.25) is 0 Å². The van der Waals surface area contributed by atoms with Gasteiger partial charge in [-0.3, -0.25) is 19.2 Å². The lowest BCUT2D eigenvalue weighted by Gasteiger charge is -2.32. The molecule has 1 rings (SSSR count). The molecule has 0 aliphatic rings.